The first kappa shape index (κ1) is 15.4. The van der Waals surface area contributed by atoms with Gasteiger partial charge in [-0.1, -0.05) is 91.0 Å². The average molecular weight is 314 g/mol. The molecule has 0 heterocycles. The lowest BCUT2D eigenvalue weighted by atomic mass is 10.1. The zero-order chi connectivity index (χ0) is 15.9. The van der Waals surface area contributed by atoms with Crippen LogP contribution in [0.5, 0.6) is 0 Å². The van der Waals surface area contributed by atoms with Gasteiger partial charge in [-0.15, -0.1) is 12.6 Å². The second-order valence-electron chi connectivity index (χ2n) is 5.34. The number of benzene rings is 3. The van der Waals surface area contributed by atoms with E-state index in [-0.39, 0.29) is 0 Å². The molecule has 0 spiro atoms. The average Bonchev–Trinajstić information content (AvgIpc) is 2.61. The van der Waals surface area contributed by atoms with E-state index in [1.165, 1.54) is 22.3 Å². The summed E-state index contributed by atoms with van der Waals surface area (Å²) < 4.78 is 0. The molecule has 0 bridgehead atoms. The van der Waals surface area contributed by atoms with Crippen LogP contribution in [0.3, 0.4) is 0 Å². The predicted molar refractivity (Wildman–Crippen MR) is 104 cm³/mol. The molecule has 112 valence electrons. The molecule has 23 heavy (non-hydrogen) atoms. The highest BCUT2D eigenvalue weighted by molar-refractivity contribution is 7.80. The largest absolute Gasteiger partial charge is 0.143 e. The Morgan fingerprint density at radius 2 is 0.783 bits per heavy atom. The van der Waals surface area contributed by atoms with Crippen LogP contribution in [0.15, 0.2) is 83.8 Å². The van der Waals surface area contributed by atoms with Crippen molar-refractivity contribution in [2.24, 2.45) is 0 Å². The van der Waals surface area contributed by atoms with E-state index in [0.29, 0.717) is 0 Å². The fourth-order valence-electron chi connectivity index (χ4n) is 2.25. The molecular weight excluding hydrogens is 296 g/mol. The normalized spacial score (nSPS) is 11.3. The van der Waals surface area contributed by atoms with E-state index >= 15 is 0 Å². The van der Waals surface area contributed by atoms with Gasteiger partial charge in [0.15, 0.2) is 0 Å². The van der Waals surface area contributed by atoms with Crippen LogP contribution in [0.4, 0.5) is 0 Å². The molecule has 0 nitrogen and oxygen atoms in total. The zero-order valence-corrected chi connectivity index (χ0v) is 13.7. The van der Waals surface area contributed by atoms with Crippen molar-refractivity contribution < 1.29 is 0 Å². The van der Waals surface area contributed by atoms with Gasteiger partial charge in [-0.2, -0.15) is 0 Å². The predicted octanol–water partition coefficient (Wildman–Crippen LogP) is 6.32. The molecule has 1 heteroatoms. The molecular formula is C22H18S. The van der Waals surface area contributed by atoms with Gasteiger partial charge in [0.25, 0.3) is 0 Å². The lowest BCUT2D eigenvalue weighted by molar-refractivity contribution is 1.46. The maximum absolute atomic E-state index is 4.30. The first-order valence-electron chi connectivity index (χ1n) is 7.60. The molecule has 3 rings (SSSR count). The molecule has 0 saturated carbocycles. The Hall–Kier alpha value is -2.51. The van der Waals surface area contributed by atoms with Crippen molar-refractivity contribution >= 4 is 36.9 Å². The quantitative estimate of drug-likeness (QED) is 0.423. The highest BCUT2D eigenvalue weighted by Crippen LogP contribution is 2.14. The molecule has 0 N–H and O–H groups in total. The minimum Gasteiger partial charge on any atom is -0.143 e. The molecule has 0 radical (unpaired) electrons. The number of thiol groups is 1. The van der Waals surface area contributed by atoms with E-state index in [0.717, 1.165) is 4.90 Å². The molecule has 3 aromatic carbocycles. The van der Waals surface area contributed by atoms with E-state index in [1.807, 2.05) is 30.3 Å². The zero-order valence-electron chi connectivity index (χ0n) is 12.8. The lowest BCUT2D eigenvalue weighted by Gasteiger charge is -1.98. The van der Waals surface area contributed by atoms with Crippen LogP contribution in [0, 0.1) is 0 Å². The molecule has 0 aliphatic rings. The van der Waals surface area contributed by atoms with E-state index < -0.39 is 0 Å². The van der Waals surface area contributed by atoms with Gasteiger partial charge in [-0.3, -0.25) is 0 Å². The molecule has 0 amide bonds. The van der Waals surface area contributed by atoms with E-state index in [1.54, 1.807) is 0 Å². The summed E-state index contributed by atoms with van der Waals surface area (Å²) in [4.78, 5) is 0.983. The SMILES string of the molecule is Sc1ccc(/C=C/c2ccc(/C=C/c3ccccc3)cc2)cc1. The van der Waals surface area contributed by atoms with Crippen molar-refractivity contribution in [2.75, 3.05) is 0 Å². The van der Waals surface area contributed by atoms with Crippen LogP contribution in [-0.4, -0.2) is 0 Å². The molecule has 0 aliphatic heterocycles. The molecule has 0 aromatic heterocycles. The molecule has 0 aliphatic carbocycles. The van der Waals surface area contributed by atoms with Crippen LogP contribution < -0.4 is 0 Å². The van der Waals surface area contributed by atoms with Crippen LogP contribution in [-0.2, 0) is 0 Å². The Balaban J connectivity index is 1.67. The summed E-state index contributed by atoms with van der Waals surface area (Å²) in [5, 5.41) is 0. The second kappa shape index (κ2) is 7.66. The molecule has 0 fully saturated rings. The van der Waals surface area contributed by atoms with Gasteiger partial charge in [-0.05, 0) is 34.4 Å². The summed E-state index contributed by atoms with van der Waals surface area (Å²) in [5.41, 5.74) is 4.78. The fraction of sp³-hybridized carbons (Fsp3) is 0. The minimum atomic E-state index is 0.983. The third-order valence-electron chi connectivity index (χ3n) is 3.57. The Bertz CT molecular complexity index is 795. The summed E-state index contributed by atoms with van der Waals surface area (Å²) in [6, 6.07) is 27.0. The van der Waals surface area contributed by atoms with Gasteiger partial charge in [-0.25, -0.2) is 0 Å². The Kier molecular flexibility index (Phi) is 5.13. The van der Waals surface area contributed by atoms with Crippen LogP contribution in [0.2, 0.25) is 0 Å². The maximum atomic E-state index is 4.30. The lowest BCUT2D eigenvalue weighted by Crippen LogP contribution is -1.76. The third-order valence-corrected chi connectivity index (χ3v) is 3.86. The first-order chi connectivity index (χ1) is 11.3. The van der Waals surface area contributed by atoms with Gasteiger partial charge in [0.05, 0.1) is 0 Å². The van der Waals surface area contributed by atoms with Gasteiger partial charge in [0.1, 0.15) is 0 Å². The van der Waals surface area contributed by atoms with Crippen molar-refractivity contribution in [1.29, 1.82) is 0 Å². The highest BCUT2D eigenvalue weighted by atomic mass is 32.1. The summed E-state index contributed by atoms with van der Waals surface area (Å²) >= 11 is 4.30. The smallest absolute Gasteiger partial charge is 0.00403 e. The molecule has 0 unspecified atom stereocenters. The molecule has 3 aromatic rings. The van der Waals surface area contributed by atoms with Crippen LogP contribution in [0.25, 0.3) is 24.3 Å². The number of rotatable bonds is 4. The third kappa shape index (κ3) is 4.73. The Labute approximate surface area is 143 Å². The Morgan fingerprint density at radius 3 is 1.22 bits per heavy atom. The maximum Gasteiger partial charge on any atom is 0.00403 e. The van der Waals surface area contributed by atoms with Gasteiger partial charge < -0.3 is 0 Å². The van der Waals surface area contributed by atoms with Crippen molar-refractivity contribution in [3.05, 3.63) is 101 Å². The van der Waals surface area contributed by atoms with Gasteiger partial charge in [0.2, 0.25) is 0 Å². The topological polar surface area (TPSA) is 0 Å². The van der Waals surface area contributed by atoms with Crippen molar-refractivity contribution in [1.82, 2.24) is 0 Å². The monoisotopic (exact) mass is 314 g/mol. The molecule has 0 atom stereocenters. The van der Waals surface area contributed by atoms with E-state index in [2.05, 4.69) is 85.5 Å². The molecule has 0 saturated heterocycles. The van der Waals surface area contributed by atoms with Crippen molar-refractivity contribution in [2.45, 2.75) is 4.90 Å². The number of hydrogen-bond acceptors (Lipinski definition) is 1. The van der Waals surface area contributed by atoms with E-state index in [4.69, 9.17) is 0 Å². The standard InChI is InChI=1S/C22H18S/c23-22-16-14-21(15-17-22)13-12-20-10-8-19(9-11-20)7-6-18-4-2-1-3-5-18/h1-17,23H/b7-6+,13-12+. The second-order valence-corrected chi connectivity index (χ2v) is 5.85. The highest BCUT2D eigenvalue weighted by Gasteiger charge is 1.91. The van der Waals surface area contributed by atoms with E-state index in [9.17, 15) is 0 Å². The van der Waals surface area contributed by atoms with Gasteiger partial charge >= 0.3 is 0 Å². The van der Waals surface area contributed by atoms with Crippen molar-refractivity contribution in [3.63, 3.8) is 0 Å². The number of hydrogen-bond donors (Lipinski definition) is 1. The first-order valence-corrected chi connectivity index (χ1v) is 8.05. The summed E-state index contributed by atoms with van der Waals surface area (Å²) in [6.45, 7) is 0. The fourth-order valence-corrected chi connectivity index (χ4v) is 2.40. The van der Waals surface area contributed by atoms with Crippen LogP contribution in [0.1, 0.15) is 22.3 Å². The summed E-state index contributed by atoms with van der Waals surface area (Å²) in [5.74, 6) is 0. The van der Waals surface area contributed by atoms with Gasteiger partial charge in [0, 0.05) is 4.90 Å². The summed E-state index contributed by atoms with van der Waals surface area (Å²) in [6.07, 6.45) is 8.50. The Morgan fingerprint density at radius 1 is 0.435 bits per heavy atom. The van der Waals surface area contributed by atoms with Crippen molar-refractivity contribution in [3.8, 4) is 0 Å². The van der Waals surface area contributed by atoms with Crippen LogP contribution >= 0.6 is 12.6 Å². The minimum absolute atomic E-state index is 0.983. The summed E-state index contributed by atoms with van der Waals surface area (Å²) in [7, 11) is 0.